The fourth-order valence-corrected chi connectivity index (χ4v) is 3.17. The average Bonchev–Trinajstić information content (AvgIpc) is 3.01. The van der Waals surface area contributed by atoms with E-state index in [1.54, 1.807) is 6.20 Å². The highest BCUT2D eigenvalue weighted by Gasteiger charge is 2.19. The molecule has 1 N–H and O–H groups in total. The first kappa shape index (κ1) is 18.6. The molecular weight excluding hydrogens is 318 g/mol. The van der Waals surface area contributed by atoms with Crippen LogP contribution < -0.4 is 5.32 Å². The Kier molecular flexibility index (Phi) is 6.10. The zero-order chi connectivity index (χ0) is 17.7. The lowest BCUT2D eigenvalue weighted by molar-refractivity contribution is -0.120. The Hall–Kier alpha value is -1.75. The van der Waals surface area contributed by atoms with E-state index in [1.165, 1.54) is 17.3 Å². The molecule has 5 heteroatoms. The number of nitrogens with zero attached hydrogens (tertiary/aromatic N) is 2. The van der Waals surface area contributed by atoms with E-state index in [4.69, 9.17) is 0 Å². The van der Waals surface area contributed by atoms with E-state index in [9.17, 15) is 4.79 Å². The van der Waals surface area contributed by atoms with Crippen molar-refractivity contribution in [1.29, 1.82) is 0 Å². The van der Waals surface area contributed by atoms with E-state index in [0.29, 0.717) is 11.7 Å². The Morgan fingerprint density at radius 3 is 2.71 bits per heavy atom. The minimum atomic E-state index is -0.169. The van der Waals surface area contributed by atoms with Crippen LogP contribution in [-0.4, -0.2) is 26.8 Å². The smallest absolute Gasteiger partial charge is 0.230 e. The quantitative estimate of drug-likeness (QED) is 0.757. The molecular formula is C19H27N3OS. The first-order valence-electron chi connectivity index (χ1n) is 8.40. The summed E-state index contributed by atoms with van der Waals surface area (Å²) in [5, 5.41) is 3.90. The molecule has 0 aliphatic heterocycles. The average molecular weight is 346 g/mol. The van der Waals surface area contributed by atoms with Crippen molar-refractivity contribution in [2.45, 2.75) is 57.7 Å². The molecule has 2 rings (SSSR count). The number of aromatic nitrogens is 2. The molecule has 0 saturated heterocycles. The summed E-state index contributed by atoms with van der Waals surface area (Å²) in [6, 6.07) is 8.33. The van der Waals surface area contributed by atoms with Crippen LogP contribution in [0.2, 0.25) is 0 Å². The van der Waals surface area contributed by atoms with Crippen LogP contribution in [0.25, 0.3) is 5.69 Å². The minimum Gasteiger partial charge on any atom is -0.351 e. The molecule has 0 aliphatic rings. The zero-order valence-corrected chi connectivity index (χ0v) is 16.0. The van der Waals surface area contributed by atoms with Gasteiger partial charge in [0.05, 0.1) is 11.4 Å². The van der Waals surface area contributed by atoms with E-state index < -0.39 is 0 Å². The zero-order valence-electron chi connectivity index (χ0n) is 15.2. The summed E-state index contributed by atoms with van der Waals surface area (Å²) in [5.41, 5.74) is 2.23. The molecule has 1 aromatic heterocycles. The number of hydrogen-bond donors (Lipinski definition) is 1. The van der Waals surface area contributed by atoms with Crippen molar-refractivity contribution in [1.82, 2.24) is 14.9 Å². The van der Waals surface area contributed by atoms with E-state index in [-0.39, 0.29) is 11.4 Å². The number of carbonyl (C=O) groups excluding carboxylic acids is 1. The maximum absolute atomic E-state index is 12.2. The van der Waals surface area contributed by atoms with Crippen LogP contribution in [0, 0.1) is 0 Å². The highest BCUT2D eigenvalue weighted by atomic mass is 32.2. The summed E-state index contributed by atoms with van der Waals surface area (Å²) < 4.78 is 2.07. The molecule has 2 aromatic rings. The number of thioether (sulfide) groups is 1. The summed E-state index contributed by atoms with van der Waals surface area (Å²) in [7, 11) is 0. The van der Waals surface area contributed by atoms with Crippen molar-refractivity contribution in [2.75, 3.05) is 5.75 Å². The molecule has 0 atom stereocenters. The lowest BCUT2D eigenvalue weighted by Crippen LogP contribution is -2.43. The van der Waals surface area contributed by atoms with Gasteiger partial charge in [-0.3, -0.25) is 9.36 Å². The number of imidazole rings is 1. The lowest BCUT2D eigenvalue weighted by atomic mass is 10.0. The molecule has 0 unspecified atom stereocenters. The number of benzene rings is 1. The summed E-state index contributed by atoms with van der Waals surface area (Å²) in [5.74, 6) is 0.832. The molecule has 1 heterocycles. The van der Waals surface area contributed by atoms with E-state index in [1.807, 2.05) is 26.1 Å². The second-order valence-electron chi connectivity index (χ2n) is 6.87. The van der Waals surface area contributed by atoms with Gasteiger partial charge in [0.15, 0.2) is 5.16 Å². The molecule has 0 spiro atoms. The van der Waals surface area contributed by atoms with Crippen molar-refractivity contribution in [3.8, 4) is 5.69 Å². The molecule has 1 amide bonds. The largest absolute Gasteiger partial charge is 0.351 e. The van der Waals surface area contributed by atoms with Crippen LogP contribution in [0.15, 0.2) is 41.8 Å². The van der Waals surface area contributed by atoms with Gasteiger partial charge in [0.2, 0.25) is 5.91 Å². The standard InChI is InChI=1S/C19H27N3OS/c1-6-19(4,5)21-17(23)13-24-18-20-11-12-22(18)16-10-8-7-9-15(16)14(2)3/h7-12,14H,6,13H2,1-5H3,(H,21,23). The molecule has 0 bridgehead atoms. The molecule has 0 saturated carbocycles. The van der Waals surface area contributed by atoms with Crippen LogP contribution >= 0.6 is 11.8 Å². The molecule has 130 valence electrons. The summed E-state index contributed by atoms with van der Waals surface area (Å²) >= 11 is 1.47. The number of carbonyl (C=O) groups is 1. The van der Waals surface area contributed by atoms with Gasteiger partial charge in [0, 0.05) is 17.9 Å². The molecule has 0 radical (unpaired) electrons. The molecule has 24 heavy (non-hydrogen) atoms. The van der Waals surface area contributed by atoms with Gasteiger partial charge >= 0.3 is 0 Å². The van der Waals surface area contributed by atoms with E-state index in [0.717, 1.165) is 17.3 Å². The second-order valence-corrected chi connectivity index (χ2v) is 7.81. The first-order valence-corrected chi connectivity index (χ1v) is 9.39. The Morgan fingerprint density at radius 1 is 1.33 bits per heavy atom. The van der Waals surface area contributed by atoms with Crippen LogP contribution in [0.4, 0.5) is 0 Å². The van der Waals surface area contributed by atoms with Crippen LogP contribution in [-0.2, 0) is 4.79 Å². The predicted octanol–water partition coefficient (Wildman–Crippen LogP) is 4.39. The molecule has 4 nitrogen and oxygen atoms in total. The predicted molar refractivity (Wildman–Crippen MR) is 101 cm³/mol. The summed E-state index contributed by atoms with van der Waals surface area (Å²) in [6.45, 7) is 10.5. The number of para-hydroxylation sites is 1. The Balaban J connectivity index is 2.13. The summed E-state index contributed by atoms with van der Waals surface area (Å²) in [6.07, 6.45) is 4.64. The maximum Gasteiger partial charge on any atom is 0.230 e. The monoisotopic (exact) mass is 345 g/mol. The highest BCUT2D eigenvalue weighted by Crippen LogP contribution is 2.27. The van der Waals surface area contributed by atoms with E-state index in [2.05, 4.69) is 53.8 Å². The fourth-order valence-electron chi connectivity index (χ4n) is 2.41. The van der Waals surface area contributed by atoms with Gasteiger partial charge < -0.3 is 5.32 Å². The van der Waals surface area contributed by atoms with Gasteiger partial charge in [0.25, 0.3) is 0 Å². The third-order valence-corrected chi connectivity index (χ3v) is 5.09. The maximum atomic E-state index is 12.2. The SMILES string of the molecule is CCC(C)(C)NC(=O)CSc1nccn1-c1ccccc1C(C)C. The van der Waals surface area contributed by atoms with Crippen molar-refractivity contribution in [3.63, 3.8) is 0 Å². The molecule has 0 fully saturated rings. The van der Waals surface area contributed by atoms with Gasteiger partial charge in [-0.1, -0.05) is 50.7 Å². The number of hydrogen-bond acceptors (Lipinski definition) is 3. The third kappa shape index (κ3) is 4.63. The van der Waals surface area contributed by atoms with Crippen molar-refractivity contribution in [2.24, 2.45) is 0 Å². The van der Waals surface area contributed by atoms with Crippen molar-refractivity contribution >= 4 is 17.7 Å². The van der Waals surface area contributed by atoms with Crippen LogP contribution in [0.5, 0.6) is 0 Å². The Labute approximate surface area is 149 Å². The Morgan fingerprint density at radius 2 is 2.04 bits per heavy atom. The summed E-state index contributed by atoms with van der Waals surface area (Å²) in [4.78, 5) is 16.6. The second kappa shape index (κ2) is 7.88. The topological polar surface area (TPSA) is 46.9 Å². The Bertz CT molecular complexity index is 691. The van der Waals surface area contributed by atoms with Crippen molar-refractivity contribution in [3.05, 3.63) is 42.2 Å². The van der Waals surface area contributed by atoms with Gasteiger partial charge in [-0.15, -0.1) is 0 Å². The normalized spacial score (nSPS) is 11.8. The minimum absolute atomic E-state index is 0.0403. The van der Waals surface area contributed by atoms with Gasteiger partial charge in [-0.05, 0) is 37.8 Å². The molecule has 0 aliphatic carbocycles. The van der Waals surface area contributed by atoms with E-state index >= 15 is 0 Å². The van der Waals surface area contributed by atoms with Gasteiger partial charge in [-0.2, -0.15) is 0 Å². The first-order chi connectivity index (χ1) is 11.3. The fraction of sp³-hybridized carbons (Fsp3) is 0.474. The third-order valence-electron chi connectivity index (χ3n) is 4.12. The van der Waals surface area contributed by atoms with Crippen LogP contribution in [0.3, 0.4) is 0 Å². The highest BCUT2D eigenvalue weighted by molar-refractivity contribution is 7.99. The van der Waals surface area contributed by atoms with Gasteiger partial charge in [-0.25, -0.2) is 4.98 Å². The molecule has 1 aromatic carbocycles. The number of rotatable bonds is 7. The van der Waals surface area contributed by atoms with Crippen LogP contribution in [0.1, 0.15) is 52.5 Å². The number of amides is 1. The lowest BCUT2D eigenvalue weighted by Gasteiger charge is -2.24. The number of nitrogens with one attached hydrogen (secondary N) is 1. The van der Waals surface area contributed by atoms with Gasteiger partial charge in [0.1, 0.15) is 0 Å². The van der Waals surface area contributed by atoms with Crippen molar-refractivity contribution < 1.29 is 4.79 Å².